The molecule has 0 atom stereocenters. The molecule has 0 amide bonds. The summed E-state index contributed by atoms with van der Waals surface area (Å²) in [4.78, 5) is 0. The molecule has 0 aliphatic heterocycles. The molecule has 0 aliphatic rings. The van der Waals surface area contributed by atoms with Crippen molar-refractivity contribution in [3.63, 3.8) is 0 Å². The van der Waals surface area contributed by atoms with Gasteiger partial charge in [-0.3, -0.25) is 0 Å². The first-order chi connectivity index (χ1) is 4.74. The molecule has 0 aliphatic carbocycles. The average molecular weight is 217 g/mol. The van der Waals surface area contributed by atoms with Gasteiger partial charge in [0.15, 0.2) is 0 Å². The fourth-order valence-electron chi connectivity index (χ4n) is 0.684. The number of hydrogen-bond donors (Lipinski definition) is 0. The first kappa shape index (κ1) is 8.02. The van der Waals surface area contributed by atoms with Gasteiger partial charge in [0.25, 0.3) is 0 Å². The molecule has 0 aromatic carbocycles. The van der Waals surface area contributed by atoms with E-state index in [0.29, 0.717) is 0 Å². The molecule has 0 radical (unpaired) electrons. The third kappa shape index (κ3) is 1.70. The lowest BCUT2D eigenvalue weighted by molar-refractivity contribution is 1.60. The van der Waals surface area contributed by atoms with Crippen molar-refractivity contribution in [2.24, 2.45) is 0 Å². The van der Waals surface area contributed by atoms with Crippen LogP contribution in [0.2, 0.25) is 0 Å². The molecular formula is C8H9BrS. The topological polar surface area (TPSA) is 0 Å². The first-order valence-corrected chi connectivity index (χ1v) is 4.78. The van der Waals surface area contributed by atoms with E-state index in [0.717, 1.165) is 0 Å². The molecule has 1 aromatic heterocycles. The third-order valence-corrected chi connectivity index (χ3v) is 2.96. The zero-order chi connectivity index (χ0) is 7.56. The number of rotatable bonds is 1. The lowest BCUT2D eigenvalue weighted by Crippen LogP contribution is -1.69. The highest BCUT2D eigenvalue weighted by Crippen LogP contribution is 2.25. The van der Waals surface area contributed by atoms with Gasteiger partial charge in [0.1, 0.15) is 0 Å². The van der Waals surface area contributed by atoms with Crippen molar-refractivity contribution >= 4 is 32.8 Å². The van der Waals surface area contributed by atoms with Crippen LogP contribution in [-0.4, -0.2) is 0 Å². The molecule has 1 heterocycles. The monoisotopic (exact) mass is 216 g/mol. The summed E-state index contributed by atoms with van der Waals surface area (Å²) in [6, 6.07) is 2.14. The lowest BCUT2D eigenvalue weighted by atomic mass is 10.2. The number of thiophene rings is 1. The van der Waals surface area contributed by atoms with Crippen molar-refractivity contribution in [3.8, 4) is 0 Å². The summed E-state index contributed by atoms with van der Waals surface area (Å²) in [7, 11) is 0. The Labute approximate surface area is 73.7 Å². The smallest absolute Gasteiger partial charge is 0.0704 e. The maximum Gasteiger partial charge on any atom is 0.0704 e. The van der Waals surface area contributed by atoms with Gasteiger partial charge in [0, 0.05) is 0 Å². The van der Waals surface area contributed by atoms with E-state index in [-0.39, 0.29) is 0 Å². The van der Waals surface area contributed by atoms with Gasteiger partial charge < -0.3 is 0 Å². The quantitative estimate of drug-likeness (QED) is 0.668. The summed E-state index contributed by atoms with van der Waals surface area (Å²) in [5.41, 5.74) is 2.65. The molecule has 2 heteroatoms. The van der Waals surface area contributed by atoms with Crippen LogP contribution in [-0.2, 0) is 0 Å². The lowest BCUT2D eigenvalue weighted by Gasteiger charge is -1.91. The van der Waals surface area contributed by atoms with Gasteiger partial charge in [0.05, 0.1) is 3.79 Å². The second kappa shape index (κ2) is 3.35. The number of halogens is 1. The van der Waals surface area contributed by atoms with Gasteiger partial charge in [-0.25, -0.2) is 0 Å². The van der Waals surface area contributed by atoms with E-state index in [4.69, 9.17) is 0 Å². The molecule has 1 aromatic rings. The summed E-state index contributed by atoms with van der Waals surface area (Å²) >= 11 is 5.14. The van der Waals surface area contributed by atoms with Crippen LogP contribution in [0.3, 0.4) is 0 Å². The van der Waals surface area contributed by atoms with Gasteiger partial charge in [0.2, 0.25) is 0 Å². The maximum atomic E-state index is 3.42. The van der Waals surface area contributed by atoms with Gasteiger partial charge in [-0.05, 0) is 52.4 Å². The van der Waals surface area contributed by atoms with Crippen LogP contribution in [0.1, 0.15) is 19.4 Å². The number of allylic oxidation sites excluding steroid dienone is 2. The zero-order valence-corrected chi connectivity index (χ0v) is 8.42. The molecular weight excluding hydrogens is 208 g/mol. The Morgan fingerprint density at radius 1 is 1.70 bits per heavy atom. The van der Waals surface area contributed by atoms with Crippen LogP contribution in [0.4, 0.5) is 0 Å². The van der Waals surface area contributed by atoms with Crippen molar-refractivity contribution in [2.75, 3.05) is 0 Å². The van der Waals surface area contributed by atoms with Crippen molar-refractivity contribution < 1.29 is 0 Å². The van der Waals surface area contributed by atoms with Crippen molar-refractivity contribution in [1.29, 1.82) is 0 Å². The van der Waals surface area contributed by atoms with Gasteiger partial charge in [-0.2, -0.15) is 0 Å². The maximum absolute atomic E-state index is 3.42. The summed E-state index contributed by atoms with van der Waals surface area (Å²) in [5.74, 6) is 0. The standard InChI is InChI=1S/C8H9BrS/c1-3-6(2)7-4-8(9)10-5-7/h3-5H,1-2H3/b6-3-. The fourth-order valence-corrected chi connectivity index (χ4v) is 1.90. The first-order valence-electron chi connectivity index (χ1n) is 3.11. The Hall–Kier alpha value is -0.0800. The molecule has 54 valence electrons. The van der Waals surface area contributed by atoms with Gasteiger partial charge in [-0.1, -0.05) is 6.08 Å². The van der Waals surface area contributed by atoms with Crippen LogP contribution >= 0.6 is 27.3 Å². The molecule has 0 unspecified atom stereocenters. The second-order valence-electron chi connectivity index (χ2n) is 2.11. The van der Waals surface area contributed by atoms with Crippen molar-refractivity contribution in [1.82, 2.24) is 0 Å². The minimum absolute atomic E-state index is 1.20. The molecule has 1 rings (SSSR count). The van der Waals surface area contributed by atoms with Crippen LogP contribution in [0.15, 0.2) is 21.3 Å². The summed E-state index contributed by atoms with van der Waals surface area (Å²) in [6.07, 6.45) is 2.12. The summed E-state index contributed by atoms with van der Waals surface area (Å²) in [5, 5.41) is 2.15. The Morgan fingerprint density at radius 2 is 2.40 bits per heavy atom. The van der Waals surface area contributed by atoms with E-state index in [1.54, 1.807) is 11.3 Å². The molecule has 0 bridgehead atoms. The van der Waals surface area contributed by atoms with Crippen LogP contribution in [0, 0.1) is 0 Å². The Kier molecular flexibility index (Phi) is 2.69. The van der Waals surface area contributed by atoms with E-state index >= 15 is 0 Å². The van der Waals surface area contributed by atoms with Crippen LogP contribution < -0.4 is 0 Å². The predicted octanol–water partition coefficient (Wildman–Crippen LogP) is 3.93. The third-order valence-electron chi connectivity index (χ3n) is 1.46. The molecule has 10 heavy (non-hydrogen) atoms. The van der Waals surface area contributed by atoms with E-state index in [1.165, 1.54) is 14.9 Å². The van der Waals surface area contributed by atoms with E-state index in [1.807, 2.05) is 0 Å². The number of hydrogen-bond acceptors (Lipinski definition) is 1. The van der Waals surface area contributed by atoms with Crippen LogP contribution in [0.25, 0.3) is 5.57 Å². The van der Waals surface area contributed by atoms with E-state index in [9.17, 15) is 0 Å². The van der Waals surface area contributed by atoms with Crippen molar-refractivity contribution in [3.05, 3.63) is 26.9 Å². The molecule has 0 saturated heterocycles. The highest BCUT2D eigenvalue weighted by Gasteiger charge is 1.96. The molecule has 0 fully saturated rings. The molecule has 0 nitrogen and oxygen atoms in total. The summed E-state index contributed by atoms with van der Waals surface area (Å²) in [6.45, 7) is 4.18. The van der Waals surface area contributed by atoms with Gasteiger partial charge in [-0.15, -0.1) is 11.3 Å². The van der Waals surface area contributed by atoms with Crippen molar-refractivity contribution in [2.45, 2.75) is 13.8 Å². The van der Waals surface area contributed by atoms with E-state index in [2.05, 4.69) is 47.3 Å². The predicted molar refractivity (Wildman–Crippen MR) is 51.3 cm³/mol. The Morgan fingerprint density at radius 3 is 2.80 bits per heavy atom. The Balaban J connectivity index is 2.95. The van der Waals surface area contributed by atoms with E-state index < -0.39 is 0 Å². The van der Waals surface area contributed by atoms with Crippen LogP contribution in [0.5, 0.6) is 0 Å². The minimum Gasteiger partial charge on any atom is -0.136 e. The summed E-state index contributed by atoms with van der Waals surface area (Å²) < 4.78 is 1.20. The molecule has 0 saturated carbocycles. The molecule has 0 N–H and O–H groups in total. The highest BCUT2D eigenvalue weighted by molar-refractivity contribution is 9.11. The fraction of sp³-hybridized carbons (Fsp3) is 0.250. The minimum atomic E-state index is 1.20. The largest absolute Gasteiger partial charge is 0.136 e. The second-order valence-corrected chi connectivity index (χ2v) is 4.40. The highest BCUT2D eigenvalue weighted by atomic mass is 79.9. The normalized spacial score (nSPS) is 12.1. The Bertz CT molecular complexity index is 248. The SMILES string of the molecule is C/C=C(/C)c1csc(Br)c1. The average Bonchev–Trinajstić information content (AvgIpc) is 2.34. The van der Waals surface area contributed by atoms with Gasteiger partial charge >= 0.3 is 0 Å². The zero-order valence-electron chi connectivity index (χ0n) is 6.02. The molecule has 0 spiro atoms.